The molecule has 3 aromatic rings. The van der Waals surface area contributed by atoms with Gasteiger partial charge in [-0.2, -0.15) is 0 Å². The maximum Gasteiger partial charge on any atom is 0.407 e. The molecule has 12 nitrogen and oxygen atoms in total. The lowest BCUT2D eigenvalue weighted by molar-refractivity contribution is -0.128. The van der Waals surface area contributed by atoms with E-state index >= 15 is 0 Å². The molecule has 0 saturated heterocycles. The number of carbonyl (C=O) groups is 4. The number of amides is 4. The van der Waals surface area contributed by atoms with Crippen LogP contribution in [-0.4, -0.2) is 76.6 Å². The first kappa shape index (κ1) is 39.5. The van der Waals surface area contributed by atoms with Crippen molar-refractivity contribution < 1.29 is 34.1 Å². The normalized spacial score (nSPS) is 14.6. The lowest BCUT2D eigenvalue weighted by Crippen LogP contribution is -2.58. The summed E-state index contributed by atoms with van der Waals surface area (Å²) < 4.78 is 4.76. The van der Waals surface area contributed by atoms with Crippen LogP contribution in [0.5, 0.6) is 0 Å². The van der Waals surface area contributed by atoms with Crippen LogP contribution in [0.25, 0.3) is 11.3 Å². The van der Waals surface area contributed by atoms with Gasteiger partial charge < -0.3 is 36.2 Å². The molecule has 0 aliphatic rings. The molecule has 12 heteroatoms. The summed E-state index contributed by atoms with van der Waals surface area (Å²) in [4.78, 5) is 55.6. The quantitative estimate of drug-likeness (QED) is 0.141. The van der Waals surface area contributed by atoms with Gasteiger partial charge in [0.05, 0.1) is 24.9 Å². The third kappa shape index (κ3) is 12.2. The highest BCUT2D eigenvalue weighted by Gasteiger charge is 2.37. The molecule has 1 heterocycles. The predicted molar refractivity (Wildman–Crippen MR) is 191 cm³/mol. The zero-order valence-electron chi connectivity index (χ0n) is 29.9. The fourth-order valence-corrected chi connectivity index (χ4v) is 5.63. The molecular weight excluding hydrogens is 638 g/mol. The van der Waals surface area contributed by atoms with Crippen LogP contribution in [0.15, 0.2) is 79.0 Å². The highest BCUT2D eigenvalue weighted by molar-refractivity contribution is 5.87. The Hall–Kier alpha value is -4.97. The Morgan fingerprint density at radius 2 is 1.28 bits per heavy atom. The molecule has 6 N–H and O–H groups in total. The van der Waals surface area contributed by atoms with Crippen molar-refractivity contribution in [2.75, 3.05) is 7.11 Å². The van der Waals surface area contributed by atoms with Gasteiger partial charge in [0.2, 0.25) is 11.8 Å². The van der Waals surface area contributed by atoms with Crippen LogP contribution in [0, 0.1) is 10.8 Å². The van der Waals surface area contributed by atoms with Crippen molar-refractivity contribution >= 4 is 24.0 Å². The van der Waals surface area contributed by atoms with Crippen molar-refractivity contribution in [2.24, 2.45) is 10.8 Å². The molecule has 0 fully saturated rings. The first-order valence-electron chi connectivity index (χ1n) is 16.6. The van der Waals surface area contributed by atoms with E-state index in [-0.39, 0.29) is 12.8 Å². The number of nitrogens with zero attached hydrogens (tertiary/aromatic N) is 1. The van der Waals surface area contributed by atoms with E-state index in [0.717, 1.165) is 22.4 Å². The number of pyridine rings is 1. The van der Waals surface area contributed by atoms with Gasteiger partial charge >= 0.3 is 12.2 Å². The summed E-state index contributed by atoms with van der Waals surface area (Å²) in [5.74, 6) is -1.05. The molecule has 0 aliphatic carbocycles. The van der Waals surface area contributed by atoms with Gasteiger partial charge in [-0.15, -0.1) is 0 Å². The molecule has 0 unspecified atom stereocenters. The summed E-state index contributed by atoms with van der Waals surface area (Å²) in [6.45, 7) is 10.7. The van der Waals surface area contributed by atoms with Crippen LogP contribution >= 0.6 is 0 Å². The van der Waals surface area contributed by atoms with Crippen LogP contribution in [0.4, 0.5) is 9.59 Å². The third-order valence-corrected chi connectivity index (χ3v) is 8.33. The summed E-state index contributed by atoms with van der Waals surface area (Å²) in [5.41, 5.74) is 1.96. The molecule has 0 bridgehead atoms. The van der Waals surface area contributed by atoms with E-state index in [1.807, 2.05) is 93.6 Å². The molecule has 3 rings (SSSR count). The molecule has 50 heavy (non-hydrogen) atoms. The molecule has 270 valence electrons. The van der Waals surface area contributed by atoms with E-state index in [0.29, 0.717) is 6.42 Å². The lowest BCUT2D eigenvalue weighted by Gasteiger charge is -2.34. The van der Waals surface area contributed by atoms with E-state index in [1.165, 1.54) is 7.11 Å². The minimum absolute atomic E-state index is 0.0270. The fraction of sp³-hybridized carbons (Fsp3) is 0.447. The smallest absolute Gasteiger partial charge is 0.407 e. The number of hydrogen-bond donors (Lipinski definition) is 6. The number of alkyl carbamates (subject to hydrolysis) is 1. The standard InChI is InChI=1S/C38H51N5O7/c1-37(2,3)31(42-35(47)48)34(46)41-29(22-25-16-18-26(19-17-25)28-15-11-12-20-39-28)30(44)23-27(21-24-13-9-8-10-14-24)40-33(45)32(38(4,5)6)43-36(49)50-7/h8-20,27,29-32,42,44H,21-23H2,1-7H3,(H,40,45)(H,41,46)(H,43,49)(H,47,48)/t27-,29-,30-,31+,32+/m0/s1. The van der Waals surface area contributed by atoms with Crippen molar-refractivity contribution in [1.82, 2.24) is 26.3 Å². The number of carbonyl (C=O) groups excluding carboxylic acids is 3. The predicted octanol–water partition coefficient (Wildman–Crippen LogP) is 4.71. The molecule has 4 amide bonds. The second kappa shape index (κ2) is 17.6. The fourth-order valence-electron chi connectivity index (χ4n) is 5.63. The number of carboxylic acid groups (broad SMARTS) is 1. The monoisotopic (exact) mass is 689 g/mol. The number of aliphatic hydroxyl groups is 1. The highest BCUT2D eigenvalue weighted by Crippen LogP contribution is 2.23. The number of aliphatic hydroxyl groups excluding tert-OH is 1. The van der Waals surface area contributed by atoms with Crippen LogP contribution < -0.4 is 21.3 Å². The molecular formula is C38H51N5O7. The molecule has 1 aromatic heterocycles. The van der Waals surface area contributed by atoms with Gasteiger partial charge in [-0.1, -0.05) is 102 Å². The topological polar surface area (TPSA) is 179 Å². The van der Waals surface area contributed by atoms with Gasteiger partial charge in [0.25, 0.3) is 0 Å². The van der Waals surface area contributed by atoms with Gasteiger partial charge in [-0.05, 0) is 53.4 Å². The zero-order valence-corrected chi connectivity index (χ0v) is 29.9. The highest BCUT2D eigenvalue weighted by atomic mass is 16.5. The van der Waals surface area contributed by atoms with Gasteiger partial charge in [0.15, 0.2) is 0 Å². The number of benzene rings is 2. The molecule has 0 spiro atoms. The zero-order chi connectivity index (χ0) is 37.1. The van der Waals surface area contributed by atoms with Crippen LogP contribution in [-0.2, 0) is 27.2 Å². The van der Waals surface area contributed by atoms with Crippen molar-refractivity contribution in [3.05, 3.63) is 90.1 Å². The largest absolute Gasteiger partial charge is 0.465 e. The number of aromatic nitrogens is 1. The second-order valence-electron chi connectivity index (χ2n) is 14.6. The Bertz CT molecular complexity index is 1550. The second-order valence-corrected chi connectivity index (χ2v) is 14.6. The number of rotatable bonds is 14. The first-order chi connectivity index (χ1) is 23.5. The average molecular weight is 690 g/mol. The van der Waals surface area contributed by atoms with Crippen LogP contribution in [0.1, 0.15) is 59.1 Å². The Morgan fingerprint density at radius 1 is 0.720 bits per heavy atom. The summed E-state index contributed by atoms with van der Waals surface area (Å²) in [6, 6.07) is 19.1. The van der Waals surface area contributed by atoms with E-state index < -0.39 is 65.1 Å². The molecule has 0 aliphatic heterocycles. The van der Waals surface area contributed by atoms with Crippen molar-refractivity contribution in [3.63, 3.8) is 0 Å². The minimum Gasteiger partial charge on any atom is -0.465 e. The summed E-state index contributed by atoms with van der Waals surface area (Å²) in [6.07, 6.45) is -0.984. The summed E-state index contributed by atoms with van der Waals surface area (Å²) in [5, 5.41) is 32.2. The third-order valence-electron chi connectivity index (χ3n) is 8.33. The van der Waals surface area contributed by atoms with Crippen molar-refractivity contribution in [3.8, 4) is 11.3 Å². The maximum atomic E-state index is 13.7. The number of nitrogens with one attached hydrogen (secondary N) is 4. The van der Waals surface area contributed by atoms with Crippen molar-refractivity contribution in [2.45, 2.75) is 91.1 Å². The van der Waals surface area contributed by atoms with Crippen LogP contribution in [0.3, 0.4) is 0 Å². The maximum absolute atomic E-state index is 13.7. The average Bonchev–Trinajstić information content (AvgIpc) is 3.05. The number of hydrogen-bond acceptors (Lipinski definition) is 7. The Labute approximate surface area is 294 Å². The van der Waals surface area contributed by atoms with Crippen molar-refractivity contribution in [1.29, 1.82) is 0 Å². The Kier molecular flexibility index (Phi) is 13.9. The van der Waals surface area contributed by atoms with Gasteiger partial charge in [-0.25, -0.2) is 9.59 Å². The Morgan fingerprint density at radius 3 is 1.82 bits per heavy atom. The van der Waals surface area contributed by atoms with E-state index in [4.69, 9.17) is 4.74 Å². The van der Waals surface area contributed by atoms with Gasteiger partial charge in [0, 0.05) is 17.8 Å². The van der Waals surface area contributed by atoms with Gasteiger partial charge in [-0.3, -0.25) is 14.6 Å². The molecule has 2 aromatic carbocycles. The minimum atomic E-state index is -1.35. The molecule has 0 radical (unpaired) electrons. The molecule has 0 saturated carbocycles. The van der Waals surface area contributed by atoms with E-state index in [2.05, 4.69) is 26.3 Å². The summed E-state index contributed by atoms with van der Waals surface area (Å²) >= 11 is 0. The molecule has 5 atom stereocenters. The Balaban J connectivity index is 1.95. The number of methoxy groups -OCH3 is 1. The van der Waals surface area contributed by atoms with Gasteiger partial charge in [0.1, 0.15) is 12.1 Å². The lowest BCUT2D eigenvalue weighted by atomic mass is 9.85. The van der Waals surface area contributed by atoms with E-state index in [1.54, 1.807) is 27.0 Å². The first-order valence-corrected chi connectivity index (χ1v) is 16.6. The number of ether oxygens (including phenoxy) is 1. The van der Waals surface area contributed by atoms with E-state index in [9.17, 15) is 29.4 Å². The summed E-state index contributed by atoms with van der Waals surface area (Å²) in [7, 11) is 1.22. The SMILES string of the molecule is COC(=O)N[C@H](C(=O)N[C@@H](Cc1ccccc1)C[C@H](O)[C@H](Cc1ccc(-c2ccccn2)cc1)NC(=O)[C@@H](NC(=O)O)C(C)(C)C)C(C)(C)C. The van der Waals surface area contributed by atoms with Crippen LogP contribution in [0.2, 0.25) is 0 Å².